The molecule has 0 amide bonds. The molecule has 1 heterocycles. The second kappa shape index (κ2) is 5.24. The lowest BCUT2D eigenvalue weighted by molar-refractivity contribution is 0.0696. The highest BCUT2D eigenvalue weighted by Gasteiger charge is 2.09. The van der Waals surface area contributed by atoms with Gasteiger partial charge in [-0.15, -0.1) is 0 Å². The van der Waals surface area contributed by atoms with E-state index in [4.69, 9.17) is 16.7 Å². The summed E-state index contributed by atoms with van der Waals surface area (Å²) in [6.07, 6.45) is 1.20. The summed E-state index contributed by atoms with van der Waals surface area (Å²) in [4.78, 5) is 14.7. The van der Waals surface area contributed by atoms with E-state index in [2.05, 4.69) is 10.3 Å². The molecule has 2 aromatic rings. The summed E-state index contributed by atoms with van der Waals surface area (Å²) < 4.78 is 13.0. The SMILES string of the molecule is Cc1cc(F)ccc1Nc1ncc(C(=O)O)cc1Cl. The van der Waals surface area contributed by atoms with Gasteiger partial charge in [0.2, 0.25) is 0 Å². The summed E-state index contributed by atoms with van der Waals surface area (Å²) in [6.45, 7) is 1.74. The lowest BCUT2D eigenvalue weighted by Gasteiger charge is -2.10. The number of hydrogen-bond donors (Lipinski definition) is 2. The molecular weight excluding hydrogens is 271 g/mol. The van der Waals surface area contributed by atoms with Gasteiger partial charge in [0.1, 0.15) is 11.6 Å². The lowest BCUT2D eigenvalue weighted by atomic mass is 10.2. The summed E-state index contributed by atoms with van der Waals surface area (Å²) in [5.41, 5.74) is 1.35. The summed E-state index contributed by atoms with van der Waals surface area (Å²) in [5, 5.41) is 11.9. The van der Waals surface area contributed by atoms with Crippen molar-refractivity contribution in [1.29, 1.82) is 0 Å². The molecule has 0 atom stereocenters. The van der Waals surface area contributed by atoms with E-state index in [1.165, 1.54) is 24.4 Å². The van der Waals surface area contributed by atoms with Gasteiger partial charge in [-0.05, 0) is 36.8 Å². The van der Waals surface area contributed by atoms with Crippen molar-refractivity contribution < 1.29 is 14.3 Å². The second-order valence-electron chi connectivity index (χ2n) is 3.94. The molecule has 19 heavy (non-hydrogen) atoms. The number of nitrogens with zero attached hydrogens (tertiary/aromatic N) is 1. The third kappa shape index (κ3) is 3.00. The summed E-state index contributed by atoms with van der Waals surface area (Å²) in [7, 11) is 0. The Hall–Kier alpha value is -2.14. The number of carboxylic acids is 1. The van der Waals surface area contributed by atoms with Crippen LogP contribution in [0.3, 0.4) is 0 Å². The van der Waals surface area contributed by atoms with E-state index < -0.39 is 5.97 Å². The molecule has 0 aliphatic carbocycles. The van der Waals surface area contributed by atoms with E-state index in [0.717, 1.165) is 0 Å². The number of carbonyl (C=O) groups is 1. The van der Waals surface area contributed by atoms with Gasteiger partial charge in [-0.3, -0.25) is 0 Å². The first-order valence-corrected chi connectivity index (χ1v) is 5.77. The molecule has 0 aliphatic rings. The molecule has 0 unspecified atom stereocenters. The maximum atomic E-state index is 13.0. The van der Waals surface area contributed by atoms with Crippen LogP contribution in [0.4, 0.5) is 15.9 Å². The predicted octanol–water partition coefficient (Wildman–Crippen LogP) is 3.62. The third-order valence-corrected chi connectivity index (χ3v) is 2.82. The first-order valence-electron chi connectivity index (χ1n) is 5.39. The Labute approximate surface area is 113 Å². The smallest absolute Gasteiger partial charge is 0.337 e. The van der Waals surface area contributed by atoms with E-state index in [-0.39, 0.29) is 16.4 Å². The zero-order valence-corrected chi connectivity index (χ0v) is 10.7. The molecule has 0 radical (unpaired) electrons. The van der Waals surface area contributed by atoms with Gasteiger partial charge in [0.15, 0.2) is 0 Å². The number of pyridine rings is 1. The zero-order valence-electron chi connectivity index (χ0n) is 9.95. The minimum absolute atomic E-state index is 0.00591. The van der Waals surface area contributed by atoms with Crippen molar-refractivity contribution >= 4 is 29.1 Å². The van der Waals surface area contributed by atoms with Gasteiger partial charge >= 0.3 is 5.97 Å². The van der Waals surface area contributed by atoms with E-state index in [0.29, 0.717) is 17.1 Å². The van der Waals surface area contributed by atoms with Crippen molar-refractivity contribution in [2.45, 2.75) is 6.92 Å². The number of rotatable bonds is 3. The molecule has 1 aromatic carbocycles. The summed E-state index contributed by atoms with van der Waals surface area (Å²) in [6, 6.07) is 5.56. The molecule has 0 saturated carbocycles. The molecule has 0 spiro atoms. The summed E-state index contributed by atoms with van der Waals surface area (Å²) in [5.74, 6) is -1.11. The van der Waals surface area contributed by atoms with Crippen molar-refractivity contribution in [1.82, 2.24) is 4.98 Å². The zero-order chi connectivity index (χ0) is 14.0. The fourth-order valence-electron chi connectivity index (χ4n) is 1.54. The highest BCUT2D eigenvalue weighted by molar-refractivity contribution is 6.33. The minimum atomic E-state index is -1.10. The molecule has 0 saturated heterocycles. The Balaban J connectivity index is 2.31. The van der Waals surface area contributed by atoms with Crippen LogP contribution in [0.15, 0.2) is 30.5 Å². The number of nitrogens with one attached hydrogen (secondary N) is 1. The van der Waals surface area contributed by atoms with Crippen LogP contribution >= 0.6 is 11.6 Å². The molecule has 2 N–H and O–H groups in total. The Morgan fingerprint density at radius 2 is 2.16 bits per heavy atom. The van der Waals surface area contributed by atoms with Crippen LogP contribution in [0.25, 0.3) is 0 Å². The van der Waals surface area contributed by atoms with Crippen molar-refractivity contribution in [3.8, 4) is 0 Å². The van der Waals surface area contributed by atoms with Crippen LogP contribution in [-0.2, 0) is 0 Å². The first-order chi connectivity index (χ1) is 8.97. The second-order valence-corrected chi connectivity index (χ2v) is 4.35. The van der Waals surface area contributed by atoms with Gasteiger partial charge < -0.3 is 10.4 Å². The van der Waals surface area contributed by atoms with Gasteiger partial charge in [0, 0.05) is 11.9 Å². The van der Waals surface area contributed by atoms with E-state index in [1.54, 1.807) is 13.0 Å². The van der Waals surface area contributed by atoms with Crippen molar-refractivity contribution in [3.05, 3.63) is 52.4 Å². The molecule has 0 aliphatic heterocycles. The van der Waals surface area contributed by atoms with Crippen molar-refractivity contribution in [3.63, 3.8) is 0 Å². The maximum Gasteiger partial charge on any atom is 0.337 e. The van der Waals surface area contributed by atoms with Crippen LogP contribution in [0.5, 0.6) is 0 Å². The standard InChI is InChI=1S/C13H10ClFN2O2/c1-7-4-9(15)2-3-11(7)17-12-10(14)5-8(6-16-12)13(18)19/h2-6H,1H3,(H,16,17)(H,18,19). The number of anilines is 2. The number of aryl methyl sites for hydroxylation is 1. The van der Waals surface area contributed by atoms with Crippen LogP contribution in [0.2, 0.25) is 5.02 Å². The van der Waals surface area contributed by atoms with Gasteiger partial charge in [-0.2, -0.15) is 0 Å². The Morgan fingerprint density at radius 1 is 1.42 bits per heavy atom. The average Bonchev–Trinajstić information content (AvgIpc) is 2.34. The van der Waals surface area contributed by atoms with E-state index in [1.807, 2.05) is 0 Å². The fourth-order valence-corrected chi connectivity index (χ4v) is 1.76. The Morgan fingerprint density at radius 3 is 2.74 bits per heavy atom. The molecule has 6 heteroatoms. The van der Waals surface area contributed by atoms with Crippen LogP contribution < -0.4 is 5.32 Å². The van der Waals surface area contributed by atoms with Crippen LogP contribution in [-0.4, -0.2) is 16.1 Å². The normalized spacial score (nSPS) is 10.3. The Bertz CT molecular complexity index is 647. The number of aromatic carboxylic acids is 1. The van der Waals surface area contributed by atoms with Gasteiger partial charge in [0.05, 0.1) is 10.6 Å². The minimum Gasteiger partial charge on any atom is -0.478 e. The van der Waals surface area contributed by atoms with Crippen LogP contribution in [0.1, 0.15) is 15.9 Å². The Kier molecular flexibility index (Phi) is 3.66. The molecule has 0 fully saturated rings. The number of benzene rings is 1. The monoisotopic (exact) mass is 280 g/mol. The van der Waals surface area contributed by atoms with Crippen LogP contribution in [0, 0.1) is 12.7 Å². The third-order valence-electron chi connectivity index (χ3n) is 2.53. The van der Waals surface area contributed by atoms with Crippen molar-refractivity contribution in [2.24, 2.45) is 0 Å². The topological polar surface area (TPSA) is 62.2 Å². The number of halogens is 2. The highest BCUT2D eigenvalue weighted by atomic mass is 35.5. The molecule has 98 valence electrons. The molecule has 0 bridgehead atoms. The predicted molar refractivity (Wildman–Crippen MR) is 70.6 cm³/mol. The lowest BCUT2D eigenvalue weighted by Crippen LogP contribution is -2.01. The number of aromatic nitrogens is 1. The quantitative estimate of drug-likeness (QED) is 0.901. The summed E-state index contributed by atoms with van der Waals surface area (Å²) >= 11 is 5.94. The molecule has 4 nitrogen and oxygen atoms in total. The molecule has 1 aromatic heterocycles. The largest absolute Gasteiger partial charge is 0.478 e. The highest BCUT2D eigenvalue weighted by Crippen LogP contribution is 2.26. The van der Waals surface area contributed by atoms with E-state index in [9.17, 15) is 9.18 Å². The van der Waals surface area contributed by atoms with Gasteiger partial charge in [-0.1, -0.05) is 11.6 Å². The number of carboxylic acid groups (broad SMARTS) is 1. The average molecular weight is 281 g/mol. The van der Waals surface area contributed by atoms with Gasteiger partial charge in [0.25, 0.3) is 0 Å². The molecule has 2 rings (SSSR count). The fraction of sp³-hybridized carbons (Fsp3) is 0.0769. The first kappa shape index (κ1) is 13.3. The maximum absolute atomic E-state index is 13.0. The number of hydrogen-bond acceptors (Lipinski definition) is 3. The molecular formula is C13H10ClFN2O2. The van der Waals surface area contributed by atoms with Gasteiger partial charge in [-0.25, -0.2) is 14.2 Å². The van der Waals surface area contributed by atoms with E-state index >= 15 is 0 Å². The van der Waals surface area contributed by atoms with Crippen molar-refractivity contribution in [2.75, 3.05) is 5.32 Å².